The molecule has 1 fully saturated rings. The van der Waals surface area contributed by atoms with Crippen molar-refractivity contribution in [2.75, 3.05) is 7.11 Å². The van der Waals surface area contributed by atoms with Crippen LogP contribution in [0.1, 0.15) is 24.1 Å². The van der Waals surface area contributed by atoms with Crippen LogP contribution in [0.3, 0.4) is 0 Å². The summed E-state index contributed by atoms with van der Waals surface area (Å²) >= 11 is 0. The lowest BCUT2D eigenvalue weighted by Crippen LogP contribution is -2.20. The highest BCUT2D eigenvalue weighted by molar-refractivity contribution is 5.98. The lowest BCUT2D eigenvalue weighted by atomic mass is 9.93. The molecule has 0 atom stereocenters. The lowest BCUT2D eigenvalue weighted by Gasteiger charge is -2.10. The maximum Gasteiger partial charge on any atom is 0.314 e. The van der Waals surface area contributed by atoms with Crippen LogP contribution in [0.5, 0.6) is 5.75 Å². The number of fused-ring (bicyclic) bond motifs is 1. The summed E-state index contributed by atoms with van der Waals surface area (Å²) in [5, 5.41) is 10.5. The van der Waals surface area contributed by atoms with E-state index in [4.69, 9.17) is 4.74 Å². The molecule has 0 bridgehead atoms. The number of hydrogen-bond donors (Lipinski definition) is 1. The van der Waals surface area contributed by atoms with Crippen molar-refractivity contribution >= 4 is 16.9 Å². The van der Waals surface area contributed by atoms with Crippen LogP contribution in [0.4, 0.5) is 0 Å². The van der Waals surface area contributed by atoms with E-state index in [-0.39, 0.29) is 0 Å². The second kappa shape index (κ2) is 3.76. The summed E-state index contributed by atoms with van der Waals surface area (Å²) in [6.45, 7) is 1.98. The number of aliphatic carboxylic acids is 1. The SMILES string of the molecule is COc1cccc2c(C3(C(=O)O)CC3)c(C)n(C)c12. The Hall–Kier alpha value is -1.97. The Morgan fingerprint density at radius 3 is 2.63 bits per heavy atom. The molecule has 2 aromatic rings. The van der Waals surface area contributed by atoms with E-state index in [9.17, 15) is 9.90 Å². The molecule has 19 heavy (non-hydrogen) atoms. The number of rotatable bonds is 3. The summed E-state index contributed by atoms with van der Waals surface area (Å²) in [6.07, 6.45) is 1.44. The van der Waals surface area contributed by atoms with Crippen molar-refractivity contribution < 1.29 is 14.6 Å². The third-order valence-electron chi connectivity index (χ3n) is 4.33. The number of methoxy groups -OCH3 is 1. The van der Waals surface area contributed by atoms with Gasteiger partial charge in [0.2, 0.25) is 0 Å². The van der Waals surface area contributed by atoms with Crippen LogP contribution in [-0.2, 0) is 17.3 Å². The molecule has 4 nitrogen and oxygen atoms in total. The summed E-state index contributed by atoms with van der Waals surface area (Å²) < 4.78 is 7.44. The first kappa shape index (κ1) is 12.1. The molecule has 4 heteroatoms. The predicted octanol–water partition coefficient (Wildman–Crippen LogP) is 2.61. The molecular formula is C15H17NO3. The Balaban J connectivity index is 2.38. The van der Waals surface area contributed by atoms with Crippen molar-refractivity contribution in [3.63, 3.8) is 0 Å². The first-order chi connectivity index (χ1) is 9.03. The number of para-hydroxylation sites is 1. The molecule has 100 valence electrons. The molecule has 0 spiro atoms. The summed E-state index contributed by atoms with van der Waals surface area (Å²) in [5.74, 6) is 0.0708. The highest BCUT2D eigenvalue weighted by atomic mass is 16.5. The minimum atomic E-state index is -0.717. The third-order valence-corrected chi connectivity index (χ3v) is 4.33. The lowest BCUT2D eigenvalue weighted by molar-refractivity contribution is -0.140. The summed E-state index contributed by atoms with van der Waals surface area (Å²) in [4.78, 5) is 11.6. The standard InChI is InChI=1S/C15H17NO3/c1-9-12(15(7-8-15)14(17)18)10-5-4-6-11(19-3)13(10)16(9)2/h4-6H,7-8H2,1-3H3,(H,17,18). The van der Waals surface area contributed by atoms with Crippen molar-refractivity contribution in [1.82, 2.24) is 4.57 Å². The number of carboxylic acids is 1. The smallest absolute Gasteiger partial charge is 0.314 e. The van der Waals surface area contributed by atoms with Gasteiger partial charge in [0, 0.05) is 18.1 Å². The molecule has 0 unspecified atom stereocenters. The third kappa shape index (κ3) is 1.43. The fourth-order valence-electron chi connectivity index (χ4n) is 3.06. The van der Waals surface area contributed by atoms with Gasteiger partial charge in [-0.25, -0.2) is 0 Å². The van der Waals surface area contributed by atoms with Gasteiger partial charge in [0.15, 0.2) is 0 Å². The van der Waals surface area contributed by atoms with E-state index < -0.39 is 11.4 Å². The Morgan fingerprint density at radius 1 is 1.42 bits per heavy atom. The molecule has 1 heterocycles. The van der Waals surface area contributed by atoms with Crippen LogP contribution in [0.2, 0.25) is 0 Å². The Bertz CT molecular complexity index is 680. The number of aryl methyl sites for hydroxylation is 1. The van der Waals surface area contributed by atoms with Gasteiger partial charge in [-0.15, -0.1) is 0 Å². The summed E-state index contributed by atoms with van der Waals surface area (Å²) in [5.41, 5.74) is 2.26. The first-order valence-electron chi connectivity index (χ1n) is 6.39. The topological polar surface area (TPSA) is 51.5 Å². The minimum absolute atomic E-state index is 0.685. The van der Waals surface area contributed by atoms with Crippen LogP contribution in [0.25, 0.3) is 10.9 Å². The van der Waals surface area contributed by atoms with Gasteiger partial charge in [0.25, 0.3) is 0 Å². The zero-order valence-corrected chi connectivity index (χ0v) is 11.4. The molecular weight excluding hydrogens is 242 g/mol. The average Bonchev–Trinajstić information content (AvgIpc) is 3.15. The van der Waals surface area contributed by atoms with Crippen LogP contribution in [0.15, 0.2) is 18.2 Å². The van der Waals surface area contributed by atoms with E-state index in [0.717, 1.165) is 40.8 Å². The number of hydrogen-bond acceptors (Lipinski definition) is 2. The van der Waals surface area contributed by atoms with Crippen molar-refractivity contribution in [1.29, 1.82) is 0 Å². The molecule has 0 aliphatic heterocycles. The van der Waals surface area contributed by atoms with Gasteiger partial charge in [-0.2, -0.15) is 0 Å². The molecule has 1 aliphatic rings. The van der Waals surface area contributed by atoms with E-state index >= 15 is 0 Å². The molecule has 1 aliphatic carbocycles. The maximum absolute atomic E-state index is 11.6. The van der Waals surface area contributed by atoms with Gasteiger partial charge in [0.1, 0.15) is 5.75 Å². The van der Waals surface area contributed by atoms with Gasteiger partial charge in [-0.3, -0.25) is 4.79 Å². The molecule has 0 amide bonds. The fourth-order valence-corrected chi connectivity index (χ4v) is 3.06. The molecule has 1 N–H and O–H groups in total. The number of carboxylic acid groups (broad SMARTS) is 1. The molecule has 1 aromatic heterocycles. The molecule has 0 saturated heterocycles. The Morgan fingerprint density at radius 2 is 2.11 bits per heavy atom. The van der Waals surface area contributed by atoms with E-state index in [0.29, 0.717) is 0 Å². The highest BCUT2D eigenvalue weighted by Gasteiger charge is 2.54. The van der Waals surface area contributed by atoms with Gasteiger partial charge in [-0.1, -0.05) is 12.1 Å². The van der Waals surface area contributed by atoms with Crippen LogP contribution < -0.4 is 4.74 Å². The number of ether oxygens (including phenoxy) is 1. The molecule has 0 radical (unpaired) electrons. The van der Waals surface area contributed by atoms with Gasteiger partial charge in [-0.05, 0) is 31.4 Å². The average molecular weight is 259 g/mol. The van der Waals surface area contributed by atoms with Gasteiger partial charge < -0.3 is 14.4 Å². The Kier molecular flexibility index (Phi) is 2.39. The quantitative estimate of drug-likeness (QED) is 0.921. The van der Waals surface area contributed by atoms with Crippen LogP contribution >= 0.6 is 0 Å². The van der Waals surface area contributed by atoms with Crippen molar-refractivity contribution in [3.05, 3.63) is 29.5 Å². The van der Waals surface area contributed by atoms with Crippen LogP contribution in [-0.4, -0.2) is 22.8 Å². The van der Waals surface area contributed by atoms with Crippen molar-refractivity contribution in [2.45, 2.75) is 25.2 Å². The fraction of sp³-hybridized carbons (Fsp3) is 0.400. The first-order valence-corrected chi connectivity index (χ1v) is 6.39. The molecule has 1 aromatic carbocycles. The zero-order valence-electron chi connectivity index (χ0n) is 11.4. The van der Waals surface area contributed by atoms with Crippen molar-refractivity contribution in [3.8, 4) is 5.75 Å². The summed E-state index contributed by atoms with van der Waals surface area (Å²) in [7, 11) is 3.60. The second-order valence-corrected chi connectivity index (χ2v) is 5.26. The van der Waals surface area contributed by atoms with Gasteiger partial charge >= 0.3 is 5.97 Å². The normalized spacial score (nSPS) is 16.6. The second-order valence-electron chi connectivity index (χ2n) is 5.26. The molecule has 3 rings (SSSR count). The molecule has 1 saturated carbocycles. The number of nitrogens with zero attached hydrogens (tertiary/aromatic N) is 1. The van der Waals surface area contributed by atoms with Crippen LogP contribution in [0, 0.1) is 6.92 Å². The van der Waals surface area contributed by atoms with E-state index in [2.05, 4.69) is 0 Å². The zero-order chi connectivity index (χ0) is 13.8. The number of aromatic nitrogens is 1. The van der Waals surface area contributed by atoms with Gasteiger partial charge in [0.05, 0.1) is 18.0 Å². The Labute approximate surface area is 111 Å². The van der Waals surface area contributed by atoms with E-state index in [1.54, 1.807) is 7.11 Å². The summed E-state index contributed by atoms with van der Waals surface area (Å²) in [6, 6.07) is 5.82. The maximum atomic E-state index is 11.6. The highest BCUT2D eigenvalue weighted by Crippen LogP contribution is 2.53. The largest absolute Gasteiger partial charge is 0.495 e. The monoisotopic (exact) mass is 259 g/mol. The van der Waals surface area contributed by atoms with Crippen molar-refractivity contribution in [2.24, 2.45) is 7.05 Å². The van der Waals surface area contributed by atoms with E-state index in [1.165, 1.54) is 0 Å². The predicted molar refractivity (Wildman–Crippen MR) is 72.8 cm³/mol. The minimum Gasteiger partial charge on any atom is -0.495 e. The number of carbonyl (C=O) groups is 1. The van der Waals surface area contributed by atoms with E-state index in [1.807, 2.05) is 36.7 Å². The number of benzene rings is 1.